The molecule has 156 valence electrons. The monoisotopic (exact) mass is 404 g/mol. The van der Waals surface area contributed by atoms with Crippen molar-refractivity contribution in [1.82, 2.24) is 4.90 Å². The molecule has 0 spiro atoms. The van der Waals surface area contributed by atoms with Crippen molar-refractivity contribution < 1.29 is 14.4 Å². The standard InChI is InChI=1S/C25H28N2O3/c1-2-3-23(17-29)27-15-21-14-22(8-9-24(21)25(27)30)26-12-10-20(11-13-26)19-6-4-18(16-28)5-7-19/h4-9,14,16-17,20,23H,2-3,10-13,15H2,1H3. The van der Waals surface area contributed by atoms with Gasteiger partial charge in [-0.1, -0.05) is 37.6 Å². The summed E-state index contributed by atoms with van der Waals surface area (Å²) < 4.78 is 0. The summed E-state index contributed by atoms with van der Waals surface area (Å²) in [5.74, 6) is 0.482. The van der Waals surface area contributed by atoms with E-state index in [1.165, 1.54) is 5.56 Å². The number of amides is 1. The number of rotatable bonds is 7. The maximum absolute atomic E-state index is 12.7. The molecule has 0 bridgehead atoms. The third-order valence-electron chi connectivity index (χ3n) is 6.47. The van der Waals surface area contributed by atoms with Gasteiger partial charge in [0.15, 0.2) is 0 Å². The number of hydrogen-bond donors (Lipinski definition) is 0. The smallest absolute Gasteiger partial charge is 0.255 e. The number of carbonyl (C=O) groups excluding carboxylic acids is 3. The first-order valence-corrected chi connectivity index (χ1v) is 10.8. The summed E-state index contributed by atoms with van der Waals surface area (Å²) in [4.78, 5) is 39.1. The van der Waals surface area contributed by atoms with Crippen LogP contribution in [0, 0.1) is 0 Å². The molecule has 1 fully saturated rings. The van der Waals surface area contributed by atoms with Crippen LogP contribution in [0.5, 0.6) is 0 Å². The summed E-state index contributed by atoms with van der Waals surface area (Å²) in [6.07, 6.45) is 5.49. The summed E-state index contributed by atoms with van der Waals surface area (Å²) >= 11 is 0. The van der Waals surface area contributed by atoms with E-state index in [0.29, 0.717) is 24.4 Å². The first kappa shape index (κ1) is 20.3. The largest absolute Gasteiger partial charge is 0.371 e. The zero-order chi connectivity index (χ0) is 21.1. The van der Waals surface area contributed by atoms with E-state index >= 15 is 0 Å². The van der Waals surface area contributed by atoms with Gasteiger partial charge in [-0.25, -0.2) is 0 Å². The van der Waals surface area contributed by atoms with Gasteiger partial charge in [-0.05, 0) is 54.5 Å². The molecule has 30 heavy (non-hydrogen) atoms. The van der Waals surface area contributed by atoms with Crippen LogP contribution in [0.2, 0.25) is 0 Å². The van der Waals surface area contributed by atoms with Crippen molar-refractivity contribution in [2.45, 2.75) is 51.1 Å². The molecule has 1 amide bonds. The Kier molecular flexibility index (Phi) is 5.98. The Morgan fingerprint density at radius 3 is 2.43 bits per heavy atom. The highest BCUT2D eigenvalue weighted by atomic mass is 16.2. The minimum atomic E-state index is -0.334. The number of anilines is 1. The van der Waals surface area contributed by atoms with E-state index in [0.717, 1.165) is 61.7 Å². The lowest BCUT2D eigenvalue weighted by Crippen LogP contribution is -2.36. The lowest BCUT2D eigenvalue weighted by molar-refractivity contribution is -0.112. The maximum atomic E-state index is 12.7. The van der Waals surface area contributed by atoms with Crippen LogP contribution in [0.4, 0.5) is 5.69 Å². The molecule has 2 aromatic carbocycles. The van der Waals surface area contributed by atoms with Gasteiger partial charge in [-0.15, -0.1) is 0 Å². The quantitative estimate of drug-likeness (QED) is 0.649. The topological polar surface area (TPSA) is 57.7 Å². The van der Waals surface area contributed by atoms with Gasteiger partial charge in [0.2, 0.25) is 0 Å². The number of benzene rings is 2. The normalized spacial score (nSPS) is 17.7. The van der Waals surface area contributed by atoms with Gasteiger partial charge in [0.05, 0.1) is 6.04 Å². The van der Waals surface area contributed by atoms with E-state index in [1.807, 2.05) is 31.2 Å². The van der Waals surface area contributed by atoms with Crippen molar-refractivity contribution in [3.05, 3.63) is 64.7 Å². The van der Waals surface area contributed by atoms with E-state index < -0.39 is 0 Å². The van der Waals surface area contributed by atoms with Gasteiger partial charge >= 0.3 is 0 Å². The Balaban J connectivity index is 1.43. The van der Waals surface area contributed by atoms with E-state index in [4.69, 9.17) is 0 Å². The highest BCUT2D eigenvalue weighted by molar-refractivity contribution is 6.00. The average Bonchev–Trinajstić information content (AvgIpc) is 3.13. The molecule has 0 aliphatic carbocycles. The molecule has 0 aromatic heterocycles. The molecule has 5 nitrogen and oxygen atoms in total. The van der Waals surface area contributed by atoms with E-state index in [9.17, 15) is 14.4 Å². The minimum Gasteiger partial charge on any atom is -0.371 e. The molecule has 1 saturated heterocycles. The lowest BCUT2D eigenvalue weighted by Gasteiger charge is -2.34. The maximum Gasteiger partial charge on any atom is 0.255 e. The Bertz CT molecular complexity index is 930. The molecule has 1 atom stereocenters. The molecule has 1 unspecified atom stereocenters. The van der Waals surface area contributed by atoms with E-state index in [1.54, 1.807) is 4.90 Å². The molecular formula is C25H28N2O3. The van der Waals surface area contributed by atoms with Crippen molar-refractivity contribution in [2.24, 2.45) is 0 Å². The summed E-state index contributed by atoms with van der Waals surface area (Å²) in [7, 11) is 0. The predicted molar refractivity (Wildman–Crippen MR) is 117 cm³/mol. The minimum absolute atomic E-state index is 0.0282. The van der Waals surface area contributed by atoms with E-state index in [-0.39, 0.29) is 11.9 Å². The molecule has 2 aromatic rings. The second kappa shape index (κ2) is 8.82. The summed E-state index contributed by atoms with van der Waals surface area (Å²) in [6, 6.07) is 13.7. The van der Waals surface area contributed by atoms with Crippen molar-refractivity contribution in [1.29, 1.82) is 0 Å². The Morgan fingerprint density at radius 2 is 1.80 bits per heavy atom. The average molecular weight is 405 g/mol. The fraction of sp³-hybridized carbons (Fsp3) is 0.400. The number of aldehydes is 2. The molecule has 5 heteroatoms. The molecule has 0 radical (unpaired) electrons. The van der Waals surface area contributed by atoms with Crippen molar-refractivity contribution in [2.75, 3.05) is 18.0 Å². The Hall–Kier alpha value is -2.95. The van der Waals surface area contributed by atoms with Crippen molar-refractivity contribution >= 4 is 24.2 Å². The predicted octanol–water partition coefficient (Wildman–Crippen LogP) is 4.21. The fourth-order valence-corrected chi connectivity index (χ4v) is 4.71. The van der Waals surface area contributed by atoms with E-state index in [2.05, 4.69) is 23.1 Å². The number of nitrogens with zero attached hydrogens (tertiary/aromatic N) is 2. The van der Waals surface area contributed by atoms with Crippen LogP contribution in [0.25, 0.3) is 0 Å². The first-order chi connectivity index (χ1) is 14.6. The Labute approximate surface area is 177 Å². The summed E-state index contributed by atoms with van der Waals surface area (Å²) in [5.41, 5.74) is 4.91. The van der Waals surface area contributed by atoms with Gasteiger partial charge in [-0.2, -0.15) is 0 Å². The summed E-state index contributed by atoms with van der Waals surface area (Å²) in [5, 5.41) is 0. The molecule has 2 heterocycles. The number of hydrogen-bond acceptors (Lipinski definition) is 4. The zero-order valence-electron chi connectivity index (χ0n) is 17.4. The summed E-state index contributed by atoms with van der Waals surface area (Å²) in [6.45, 7) is 4.47. The van der Waals surface area contributed by atoms with Gasteiger partial charge < -0.3 is 14.6 Å². The highest BCUT2D eigenvalue weighted by Gasteiger charge is 2.33. The second-order valence-corrected chi connectivity index (χ2v) is 8.31. The Morgan fingerprint density at radius 1 is 1.07 bits per heavy atom. The zero-order valence-corrected chi connectivity index (χ0v) is 17.4. The number of piperidine rings is 1. The van der Waals surface area contributed by atoms with Gasteiger partial charge in [0.25, 0.3) is 5.91 Å². The van der Waals surface area contributed by atoms with Gasteiger partial charge in [0.1, 0.15) is 12.6 Å². The number of carbonyl (C=O) groups is 3. The van der Waals surface area contributed by atoms with Crippen LogP contribution in [0.3, 0.4) is 0 Å². The van der Waals surface area contributed by atoms with Crippen LogP contribution in [0.1, 0.15) is 70.4 Å². The van der Waals surface area contributed by atoms with Crippen LogP contribution in [0.15, 0.2) is 42.5 Å². The third-order valence-corrected chi connectivity index (χ3v) is 6.47. The van der Waals surface area contributed by atoms with Crippen LogP contribution < -0.4 is 4.90 Å². The number of fused-ring (bicyclic) bond motifs is 1. The molecular weight excluding hydrogens is 376 g/mol. The molecule has 0 N–H and O–H groups in total. The van der Waals surface area contributed by atoms with Crippen molar-refractivity contribution in [3.63, 3.8) is 0 Å². The molecule has 2 aliphatic heterocycles. The third kappa shape index (κ3) is 3.89. The van der Waals surface area contributed by atoms with Crippen LogP contribution in [-0.4, -0.2) is 42.5 Å². The first-order valence-electron chi connectivity index (χ1n) is 10.8. The van der Waals surface area contributed by atoms with Gasteiger partial charge in [0, 0.05) is 36.4 Å². The van der Waals surface area contributed by atoms with Crippen LogP contribution in [-0.2, 0) is 11.3 Å². The van der Waals surface area contributed by atoms with Gasteiger partial charge in [-0.3, -0.25) is 9.59 Å². The molecule has 4 rings (SSSR count). The van der Waals surface area contributed by atoms with Crippen LogP contribution >= 0.6 is 0 Å². The highest BCUT2D eigenvalue weighted by Crippen LogP contribution is 2.33. The SMILES string of the molecule is CCCC(C=O)N1Cc2cc(N3CCC(c4ccc(C=O)cc4)CC3)ccc2C1=O. The lowest BCUT2D eigenvalue weighted by atomic mass is 9.89. The second-order valence-electron chi connectivity index (χ2n) is 8.31. The van der Waals surface area contributed by atoms with Crippen molar-refractivity contribution in [3.8, 4) is 0 Å². The molecule has 2 aliphatic rings. The fourth-order valence-electron chi connectivity index (χ4n) is 4.71. The molecule has 0 saturated carbocycles.